The Balaban J connectivity index is 1.93. The highest BCUT2D eigenvalue weighted by Gasteiger charge is 2.32. The maximum Gasteiger partial charge on any atom is 0.311 e. The van der Waals surface area contributed by atoms with Crippen molar-refractivity contribution < 1.29 is 14.5 Å². The predicted octanol–water partition coefficient (Wildman–Crippen LogP) is 4.79. The summed E-state index contributed by atoms with van der Waals surface area (Å²) in [5.41, 5.74) is 2.41. The number of aliphatic imine (C=N–C) groups is 1. The molecule has 1 saturated heterocycles. The third kappa shape index (κ3) is 4.48. The minimum absolute atomic E-state index is 0.144. The maximum atomic E-state index is 12.8. The van der Waals surface area contributed by atoms with Gasteiger partial charge in [-0.1, -0.05) is 25.1 Å². The first-order chi connectivity index (χ1) is 14.0. The molecular weight excluding hydrogens is 390 g/mol. The van der Waals surface area contributed by atoms with Gasteiger partial charge >= 0.3 is 5.69 Å². The molecule has 2 aromatic carbocycles. The van der Waals surface area contributed by atoms with E-state index in [1.165, 1.54) is 36.6 Å². The highest BCUT2D eigenvalue weighted by Crippen LogP contribution is 2.35. The molecule has 0 atom stereocenters. The summed E-state index contributed by atoms with van der Waals surface area (Å²) in [4.78, 5) is 30.2. The molecule has 3 rings (SSSR count). The Kier molecular flexibility index (Phi) is 6.33. The van der Waals surface area contributed by atoms with Gasteiger partial charge in [0.25, 0.3) is 5.91 Å². The number of methoxy groups -OCH3 is 1. The summed E-state index contributed by atoms with van der Waals surface area (Å²) >= 11 is 1.26. The van der Waals surface area contributed by atoms with E-state index in [1.54, 1.807) is 17.0 Å². The Bertz CT molecular complexity index is 999. The second-order valence-electron chi connectivity index (χ2n) is 6.26. The van der Waals surface area contributed by atoms with Gasteiger partial charge in [0.1, 0.15) is 0 Å². The second kappa shape index (κ2) is 8.91. The largest absolute Gasteiger partial charge is 0.490 e. The lowest BCUT2D eigenvalue weighted by Crippen LogP contribution is -2.28. The third-order valence-corrected chi connectivity index (χ3v) is 5.48. The molecule has 0 radical (unpaired) electrons. The van der Waals surface area contributed by atoms with Gasteiger partial charge in [0.2, 0.25) is 0 Å². The van der Waals surface area contributed by atoms with Gasteiger partial charge < -0.3 is 4.74 Å². The molecule has 1 amide bonds. The number of likely N-dealkylation sites (N-methyl/N-ethyl adjacent to an activating group) is 1. The average Bonchev–Trinajstić information content (AvgIpc) is 3.02. The van der Waals surface area contributed by atoms with Gasteiger partial charge in [0.05, 0.1) is 22.6 Å². The molecule has 0 saturated carbocycles. The van der Waals surface area contributed by atoms with Crippen LogP contribution in [0.25, 0.3) is 6.08 Å². The van der Waals surface area contributed by atoms with Crippen LogP contribution in [0.15, 0.2) is 52.4 Å². The first kappa shape index (κ1) is 20.6. The first-order valence-corrected chi connectivity index (χ1v) is 10.00. The number of hydrogen-bond acceptors (Lipinski definition) is 6. The summed E-state index contributed by atoms with van der Waals surface area (Å²) in [7, 11) is 1.38. The highest BCUT2D eigenvalue weighted by atomic mass is 32.2. The van der Waals surface area contributed by atoms with Crippen LogP contribution in [0.1, 0.15) is 25.0 Å². The standard InChI is InChI=1S/C21H21N3O4S/c1-4-14-6-9-16(10-7-14)22-21-23(5-2)20(25)19(29-21)13-15-8-11-18(28-3)17(12-15)24(26)27/h6-13H,4-5H2,1-3H3/b19-13+,22-21?. The van der Waals surface area contributed by atoms with Crippen molar-refractivity contribution in [1.82, 2.24) is 4.90 Å². The van der Waals surface area contributed by atoms with Gasteiger partial charge in [-0.2, -0.15) is 0 Å². The van der Waals surface area contributed by atoms with Gasteiger partial charge in [-0.05, 0) is 60.5 Å². The summed E-state index contributed by atoms with van der Waals surface area (Å²) in [5, 5.41) is 11.8. The predicted molar refractivity (Wildman–Crippen MR) is 116 cm³/mol. The van der Waals surface area contributed by atoms with E-state index in [0.717, 1.165) is 12.1 Å². The van der Waals surface area contributed by atoms with Gasteiger partial charge in [-0.15, -0.1) is 0 Å². The van der Waals surface area contributed by atoms with Crippen molar-refractivity contribution in [3.8, 4) is 5.75 Å². The van der Waals surface area contributed by atoms with Crippen molar-refractivity contribution in [2.24, 2.45) is 4.99 Å². The van der Waals surface area contributed by atoms with Crippen LogP contribution in [0.2, 0.25) is 0 Å². The van der Waals surface area contributed by atoms with Gasteiger partial charge in [0.15, 0.2) is 10.9 Å². The maximum absolute atomic E-state index is 12.8. The Hall–Kier alpha value is -3.13. The fourth-order valence-electron chi connectivity index (χ4n) is 2.88. The van der Waals surface area contributed by atoms with Crippen molar-refractivity contribution in [2.45, 2.75) is 20.3 Å². The van der Waals surface area contributed by atoms with Crippen LogP contribution in [0.4, 0.5) is 11.4 Å². The summed E-state index contributed by atoms with van der Waals surface area (Å²) in [6.45, 7) is 4.46. The monoisotopic (exact) mass is 411 g/mol. The smallest absolute Gasteiger partial charge is 0.311 e. The molecule has 0 unspecified atom stereocenters. The fraction of sp³-hybridized carbons (Fsp3) is 0.238. The van der Waals surface area contributed by atoms with E-state index in [-0.39, 0.29) is 17.3 Å². The number of nitrogens with zero attached hydrogens (tertiary/aromatic N) is 3. The Labute approximate surface area is 173 Å². The van der Waals surface area contributed by atoms with Crippen molar-refractivity contribution in [3.05, 3.63) is 68.6 Å². The molecule has 29 heavy (non-hydrogen) atoms. The number of nitro groups is 1. The van der Waals surface area contributed by atoms with Crippen molar-refractivity contribution >= 4 is 40.3 Å². The van der Waals surface area contributed by atoms with E-state index < -0.39 is 4.92 Å². The van der Waals surface area contributed by atoms with E-state index >= 15 is 0 Å². The number of amides is 1. The number of carbonyl (C=O) groups excluding carboxylic acids is 1. The van der Waals surface area contributed by atoms with Crippen LogP contribution in [0.5, 0.6) is 5.75 Å². The molecule has 1 aliphatic heterocycles. The molecule has 150 valence electrons. The van der Waals surface area contributed by atoms with E-state index in [4.69, 9.17) is 4.74 Å². The molecule has 0 bridgehead atoms. The molecule has 1 fully saturated rings. The molecule has 0 aliphatic carbocycles. The molecule has 0 spiro atoms. The topological polar surface area (TPSA) is 85.0 Å². The van der Waals surface area contributed by atoms with Crippen molar-refractivity contribution in [3.63, 3.8) is 0 Å². The number of nitro benzene ring substituents is 1. The van der Waals surface area contributed by atoms with Gasteiger partial charge in [-0.3, -0.25) is 19.8 Å². The van der Waals surface area contributed by atoms with E-state index in [2.05, 4.69) is 11.9 Å². The number of carbonyl (C=O) groups is 1. The van der Waals surface area contributed by atoms with Crippen LogP contribution in [0.3, 0.4) is 0 Å². The molecular formula is C21H21N3O4S. The lowest BCUT2D eigenvalue weighted by Gasteiger charge is -2.12. The number of thioether (sulfide) groups is 1. The van der Waals surface area contributed by atoms with Crippen molar-refractivity contribution in [1.29, 1.82) is 0 Å². The Morgan fingerprint density at radius 2 is 1.93 bits per heavy atom. The van der Waals surface area contributed by atoms with Crippen LogP contribution in [-0.2, 0) is 11.2 Å². The zero-order chi connectivity index (χ0) is 21.0. The Morgan fingerprint density at radius 3 is 2.52 bits per heavy atom. The SMILES string of the molecule is CCc1ccc(N=C2S/C(=C/c3ccc(OC)c([N+](=O)[O-])c3)C(=O)N2CC)cc1. The Morgan fingerprint density at radius 1 is 1.21 bits per heavy atom. The quantitative estimate of drug-likeness (QED) is 0.388. The fourth-order valence-corrected chi connectivity index (χ4v) is 3.94. The minimum Gasteiger partial charge on any atom is -0.490 e. The number of benzene rings is 2. The number of amidine groups is 1. The third-order valence-electron chi connectivity index (χ3n) is 4.47. The molecule has 1 aliphatic rings. The zero-order valence-corrected chi connectivity index (χ0v) is 17.2. The second-order valence-corrected chi connectivity index (χ2v) is 7.27. The van der Waals surface area contributed by atoms with Gasteiger partial charge in [0, 0.05) is 12.6 Å². The van der Waals surface area contributed by atoms with Crippen molar-refractivity contribution in [2.75, 3.05) is 13.7 Å². The normalized spacial score (nSPS) is 16.7. The number of hydrogen-bond donors (Lipinski definition) is 0. The molecule has 7 nitrogen and oxygen atoms in total. The van der Waals surface area contributed by atoms with Crippen LogP contribution in [-0.4, -0.2) is 34.6 Å². The molecule has 0 N–H and O–H groups in total. The summed E-state index contributed by atoms with van der Waals surface area (Å²) in [6, 6.07) is 12.5. The number of ether oxygens (including phenoxy) is 1. The van der Waals surface area contributed by atoms with E-state index in [9.17, 15) is 14.9 Å². The summed E-state index contributed by atoms with van der Waals surface area (Å²) < 4.78 is 5.03. The minimum atomic E-state index is -0.504. The summed E-state index contributed by atoms with van der Waals surface area (Å²) in [5.74, 6) is 0.00964. The number of aryl methyl sites for hydroxylation is 1. The average molecular weight is 411 g/mol. The van der Waals surface area contributed by atoms with E-state index in [1.807, 2.05) is 31.2 Å². The lowest BCUT2D eigenvalue weighted by atomic mass is 10.1. The summed E-state index contributed by atoms with van der Waals surface area (Å²) in [6.07, 6.45) is 2.59. The first-order valence-electron chi connectivity index (χ1n) is 9.18. The molecule has 8 heteroatoms. The zero-order valence-electron chi connectivity index (χ0n) is 16.4. The number of rotatable bonds is 6. The lowest BCUT2D eigenvalue weighted by molar-refractivity contribution is -0.385. The highest BCUT2D eigenvalue weighted by molar-refractivity contribution is 8.18. The van der Waals surface area contributed by atoms with E-state index in [0.29, 0.717) is 22.2 Å². The molecule has 0 aromatic heterocycles. The van der Waals surface area contributed by atoms with Gasteiger partial charge in [-0.25, -0.2) is 4.99 Å². The molecule has 1 heterocycles. The molecule has 2 aromatic rings. The van der Waals surface area contributed by atoms with Crippen LogP contribution in [0, 0.1) is 10.1 Å². The van der Waals surface area contributed by atoms with Crippen LogP contribution < -0.4 is 4.74 Å². The van der Waals surface area contributed by atoms with Crippen LogP contribution >= 0.6 is 11.8 Å².